The fourth-order valence-electron chi connectivity index (χ4n) is 1.91. The van der Waals surface area contributed by atoms with Gasteiger partial charge in [0.15, 0.2) is 11.6 Å². The first-order valence-corrected chi connectivity index (χ1v) is 5.69. The van der Waals surface area contributed by atoms with Gasteiger partial charge in [0.1, 0.15) is 11.6 Å². The molecule has 0 saturated heterocycles. The molecule has 84 valence electrons. The van der Waals surface area contributed by atoms with Gasteiger partial charge in [-0.15, -0.1) is 0 Å². The molecule has 2 aromatic rings. The molecule has 0 aliphatic heterocycles. The molecule has 0 fully saturated rings. The molecule has 0 N–H and O–H groups in total. The standard InChI is InChI=1S/C12H4F2O2S/c13-7-1-2-8(14)10-9(7)11(15)5-3-17-4-6(5)12(10)16/h1-4H. The Morgan fingerprint density at radius 2 is 1.24 bits per heavy atom. The van der Waals surface area contributed by atoms with Crippen LogP contribution in [0.1, 0.15) is 31.8 Å². The fraction of sp³-hybridized carbons (Fsp3) is 0. The summed E-state index contributed by atoms with van der Waals surface area (Å²) >= 11 is 1.16. The lowest BCUT2D eigenvalue weighted by molar-refractivity contribution is 0.0973. The molecule has 1 aromatic heterocycles. The van der Waals surface area contributed by atoms with Gasteiger partial charge in [0, 0.05) is 21.9 Å². The number of carbonyl (C=O) groups is 2. The lowest BCUT2D eigenvalue weighted by Crippen LogP contribution is -2.22. The highest BCUT2D eigenvalue weighted by molar-refractivity contribution is 7.08. The molecule has 17 heavy (non-hydrogen) atoms. The summed E-state index contributed by atoms with van der Waals surface area (Å²) in [5, 5.41) is 2.95. The van der Waals surface area contributed by atoms with Crippen LogP contribution < -0.4 is 0 Å². The fourth-order valence-corrected chi connectivity index (χ4v) is 2.72. The summed E-state index contributed by atoms with van der Waals surface area (Å²) < 4.78 is 27.1. The predicted molar refractivity (Wildman–Crippen MR) is 57.5 cm³/mol. The number of rotatable bonds is 0. The summed E-state index contributed by atoms with van der Waals surface area (Å²) in [7, 11) is 0. The first kappa shape index (κ1) is 10.3. The molecule has 2 nitrogen and oxygen atoms in total. The van der Waals surface area contributed by atoms with Gasteiger partial charge < -0.3 is 0 Å². The lowest BCUT2D eigenvalue weighted by atomic mass is 9.86. The van der Waals surface area contributed by atoms with Crippen molar-refractivity contribution in [2.45, 2.75) is 0 Å². The lowest BCUT2D eigenvalue weighted by Gasteiger charge is -2.15. The Morgan fingerprint density at radius 1 is 0.824 bits per heavy atom. The predicted octanol–water partition coefficient (Wildman–Crippen LogP) is 2.80. The van der Waals surface area contributed by atoms with Crippen molar-refractivity contribution >= 4 is 22.9 Å². The van der Waals surface area contributed by atoms with Gasteiger partial charge in [-0.1, -0.05) is 0 Å². The van der Waals surface area contributed by atoms with Crippen LogP contribution in [0.15, 0.2) is 22.9 Å². The van der Waals surface area contributed by atoms with Crippen molar-refractivity contribution in [2.75, 3.05) is 0 Å². The van der Waals surface area contributed by atoms with E-state index < -0.39 is 34.3 Å². The van der Waals surface area contributed by atoms with Crippen molar-refractivity contribution in [1.29, 1.82) is 0 Å². The van der Waals surface area contributed by atoms with Crippen LogP contribution in [0.3, 0.4) is 0 Å². The zero-order valence-corrected chi connectivity index (χ0v) is 9.11. The molecular formula is C12H4F2O2S. The van der Waals surface area contributed by atoms with Crippen molar-refractivity contribution in [2.24, 2.45) is 0 Å². The first-order valence-electron chi connectivity index (χ1n) is 4.75. The molecule has 1 aliphatic rings. The van der Waals surface area contributed by atoms with Gasteiger partial charge in [0.25, 0.3) is 0 Å². The SMILES string of the molecule is O=C1c2cscc2C(=O)c2c(F)ccc(F)c21. The molecule has 0 amide bonds. The van der Waals surface area contributed by atoms with E-state index in [-0.39, 0.29) is 11.1 Å². The number of benzene rings is 1. The summed E-state index contributed by atoms with van der Waals surface area (Å²) in [6, 6.07) is 1.72. The molecule has 1 heterocycles. The van der Waals surface area contributed by atoms with E-state index in [0.29, 0.717) is 0 Å². The molecule has 5 heteroatoms. The second-order valence-corrected chi connectivity index (χ2v) is 4.38. The molecular weight excluding hydrogens is 246 g/mol. The van der Waals surface area contributed by atoms with E-state index in [2.05, 4.69) is 0 Å². The van der Waals surface area contributed by atoms with Crippen LogP contribution in [0.4, 0.5) is 8.78 Å². The van der Waals surface area contributed by atoms with Crippen LogP contribution >= 0.6 is 11.3 Å². The quantitative estimate of drug-likeness (QED) is 0.614. The molecule has 3 rings (SSSR count). The minimum absolute atomic E-state index is 0.150. The molecule has 0 radical (unpaired) electrons. The van der Waals surface area contributed by atoms with E-state index in [9.17, 15) is 18.4 Å². The van der Waals surface area contributed by atoms with Gasteiger partial charge >= 0.3 is 0 Å². The maximum absolute atomic E-state index is 13.5. The van der Waals surface area contributed by atoms with E-state index >= 15 is 0 Å². The molecule has 1 aliphatic carbocycles. The highest BCUT2D eigenvalue weighted by atomic mass is 32.1. The van der Waals surface area contributed by atoms with Gasteiger partial charge in [-0.3, -0.25) is 9.59 Å². The van der Waals surface area contributed by atoms with Crippen LogP contribution in [0.5, 0.6) is 0 Å². The number of carbonyl (C=O) groups excluding carboxylic acids is 2. The Kier molecular flexibility index (Phi) is 2.00. The van der Waals surface area contributed by atoms with Gasteiger partial charge in [-0.25, -0.2) is 8.78 Å². The van der Waals surface area contributed by atoms with Crippen molar-refractivity contribution in [3.8, 4) is 0 Å². The molecule has 0 spiro atoms. The topological polar surface area (TPSA) is 34.1 Å². The monoisotopic (exact) mass is 250 g/mol. The number of ketones is 2. The summed E-state index contributed by atoms with van der Waals surface area (Å²) in [4.78, 5) is 23.9. The Morgan fingerprint density at radius 3 is 1.65 bits per heavy atom. The molecule has 0 bridgehead atoms. The highest BCUT2D eigenvalue weighted by Gasteiger charge is 2.34. The Hall–Kier alpha value is -1.88. The summed E-state index contributed by atoms with van der Waals surface area (Å²) in [6.45, 7) is 0. The van der Waals surface area contributed by atoms with Gasteiger partial charge in [0.2, 0.25) is 0 Å². The van der Waals surface area contributed by atoms with Gasteiger partial charge in [-0.05, 0) is 12.1 Å². The van der Waals surface area contributed by atoms with E-state index in [4.69, 9.17) is 0 Å². The zero-order valence-electron chi connectivity index (χ0n) is 8.29. The van der Waals surface area contributed by atoms with Crippen LogP contribution in [-0.2, 0) is 0 Å². The molecule has 0 unspecified atom stereocenters. The maximum Gasteiger partial charge on any atom is 0.198 e. The smallest absolute Gasteiger partial charge is 0.198 e. The highest BCUT2D eigenvalue weighted by Crippen LogP contribution is 2.32. The molecule has 0 saturated carbocycles. The van der Waals surface area contributed by atoms with Gasteiger partial charge in [-0.2, -0.15) is 11.3 Å². The summed E-state index contributed by atoms with van der Waals surface area (Å²) in [5.41, 5.74) is -0.615. The zero-order chi connectivity index (χ0) is 12.2. The average molecular weight is 250 g/mol. The maximum atomic E-state index is 13.5. The first-order chi connectivity index (χ1) is 8.11. The number of halogens is 2. The Balaban J connectivity index is 2.42. The van der Waals surface area contributed by atoms with Crippen molar-refractivity contribution < 1.29 is 18.4 Å². The molecule has 0 atom stereocenters. The largest absolute Gasteiger partial charge is 0.288 e. The normalized spacial score (nSPS) is 13.5. The average Bonchev–Trinajstić information content (AvgIpc) is 2.78. The van der Waals surface area contributed by atoms with Crippen molar-refractivity contribution in [3.05, 3.63) is 56.8 Å². The minimum atomic E-state index is -0.864. The Labute approximate surface area is 98.5 Å². The second kappa shape index (κ2) is 3.30. The van der Waals surface area contributed by atoms with Crippen LogP contribution in [0.2, 0.25) is 0 Å². The third kappa shape index (κ3) is 1.23. The van der Waals surface area contributed by atoms with E-state index in [1.54, 1.807) is 0 Å². The summed E-state index contributed by atoms with van der Waals surface area (Å²) in [5.74, 6) is -2.99. The Bertz CT molecular complexity index is 618. The minimum Gasteiger partial charge on any atom is -0.288 e. The number of thiophene rings is 1. The van der Waals surface area contributed by atoms with Crippen LogP contribution in [0, 0.1) is 11.6 Å². The molecule has 1 aromatic carbocycles. The van der Waals surface area contributed by atoms with E-state index in [1.807, 2.05) is 0 Å². The number of hydrogen-bond acceptors (Lipinski definition) is 3. The third-order valence-corrected chi connectivity index (χ3v) is 3.45. The van der Waals surface area contributed by atoms with Crippen LogP contribution in [-0.4, -0.2) is 11.6 Å². The second-order valence-electron chi connectivity index (χ2n) is 3.64. The third-order valence-electron chi connectivity index (χ3n) is 2.71. The van der Waals surface area contributed by atoms with Crippen molar-refractivity contribution in [1.82, 2.24) is 0 Å². The van der Waals surface area contributed by atoms with Crippen molar-refractivity contribution in [3.63, 3.8) is 0 Å². The van der Waals surface area contributed by atoms with Gasteiger partial charge in [0.05, 0.1) is 11.1 Å². The number of fused-ring (bicyclic) bond motifs is 2. The number of hydrogen-bond donors (Lipinski definition) is 0. The van der Waals surface area contributed by atoms with Crippen LogP contribution in [0.25, 0.3) is 0 Å². The van der Waals surface area contributed by atoms with E-state index in [1.165, 1.54) is 10.8 Å². The van der Waals surface area contributed by atoms with E-state index in [0.717, 1.165) is 23.5 Å². The summed E-state index contributed by atoms with van der Waals surface area (Å²) in [6.07, 6.45) is 0.